The SMILES string of the molecule is CCCn1ncc(OC)c1C(NCC)c1coc(C)c1. The van der Waals surface area contributed by atoms with Crippen LogP contribution in [0.1, 0.15) is 43.3 Å². The summed E-state index contributed by atoms with van der Waals surface area (Å²) in [7, 11) is 1.68. The van der Waals surface area contributed by atoms with E-state index in [1.54, 1.807) is 19.6 Å². The molecule has 0 fully saturated rings. The quantitative estimate of drug-likeness (QED) is 0.845. The lowest BCUT2D eigenvalue weighted by molar-refractivity contribution is 0.398. The maximum Gasteiger partial charge on any atom is 0.161 e. The van der Waals surface area contributed by atoms with E-state index in [9.17, 15) is 0 Å². The molecule has 2 aromatic rings. The normalized spacial score (nSPS) is 12.6. The third-order valence-corrected chi connectivity index (χ3v) is 3.27. The second kappa shape index (κ2) is 6.61. The minimum absolute atomic E-state index is 0.0291. The van der Waals surface area contributed by atoms with Crippen molar-refractivity contribution in [3.8, 4) is 5.75 Å². The number of methoxy groups -OCH3 is 1. The van der Waals surface area contributed by atoms with E-state index in [0.717, 1.165) is 42.3 Å². The summed E-state index contributed by atoms with van der Waals surface area (Å²) < 4.78 is 12.9. The zero-order chi connectivity index (χ0) is 14.5. The van der Waals surface area contributed by atoms with Crippen LogP contribution in [0, 0.1) is 6.92 Å². The van der Waals surface area contributed by atoms with Crippen molar-refractivity contribution >= 4 is 0 Å². The summed E-state index contributed by atoms with van der Waals surface area (Å²) in [5, 5.41) is 7.92. The highest BCUT2D eigenvalue weighted by molar-refractivity contribution is 5.36. The van der Waals surface area contributed by atoms with Crippen LogP contribution in [-0.2, 0) is 6.54 Å². The van der Waals surface area contributed by atoms with Gasteiger partial charge < -0.3 is 14.5 Å². The average Bonchev–Trinajstić information content (AvgIpc) is 3.03. The van der Waals surface area contributed by atoms with Crippen LogP contribution in [0.25, 0.3) is 0 Å². The summed E-state index contributed by atoms with van der Waals surface area (Å²) in [6.45, 7) is 7.91. The third kappa shape index (κ3) is 2.88. The van der Waals surface area contributed by atoms with E-state index in [4.69, 9.17) is 9.15 Å². The number of aryl methyl sites for hydroxylation is 2. The molecule has 2 heterocycles. The van der Waals surface area contributed by atoms with Gasteiger partial charge in [0, 0.05) is 12.1 Å². The van der Waals surface area contributed by atoms with E-state index in [1.807, 2.05) is 11.6 Å². The van der Waals surface area contributed by atoms with Gasteiger partial charge in [-0.3, -0.25) is 4.68 Å². The van der Waals surface area contributed by atoms with E-state index in [2.05, 4.69) is 30.3 Å². The number of aromatic nitrogens is 2. The van der Waals surface area contributed by atoms with Gasteiger partial charge in [0.2, 0.25) is 0 Å². The van der Waals surface area contributed by atoms with Gasteiger partial charge >= 0.3 is 0 Å². The van der Waals surface area contributed by atoms with Crippen molar-refractivity contribution in [2.24, 2.45) is 0 Å². The molecule has 0 radical (unpaired) electrons. The number of hydrogen-bond donors (Lipinski definition) is 1. The summed E-state index contributed by atoms with van der Waals surface area (Å²) in [4.78, 5) is 0. The summed E-state index contributed by atoms with van der Waals surface area (Å²) >= 11 is 0. The minimum atomic E-state index is 0.0291. The first-order chi connectivity index (χ1) is 9.71. The van der Waals surface area contributed by atoms with Gasteiger partial charge in [0.1, 0.15) is 11.5 Å². The lowest BCUT2D eigenvalue weighted by Crippen LogP contribution is -2.25. The van der Waals surface area contributed by atoms with Crippen LogP contribution in [0.5, 0.6) is 5.75 Å². The Labute approximate surface area is 119 Å². The van der Waals surface area contributed by atoms with Crippen LogP contribution in [0.15, 0.2) is 22.9 Å². The molecule has 5 heteroatoms. The molecule has 2 aromatic heterocycles. The highest BCUT2D eigenvalue weighted by Crippen LogP contribution is 2.31. The van der Waals surface area contributed by atoms with Crippen LogP contribution >= 0.6 is 0 Å². The molecule has 110 valence electrons. The van der Waals surface area contributed by atoms with Crippen LogP contribution in [0.4, 0.5) is 0 Å². The van der Waals surface area contributed by atoms with Gasteiger partial charge in [-0.15, -0.1) is 0 Å². The Morgan fingerprint density at radius 1 is 1.45 bits per heavy atom. The Balaban J connectivity index is 2.44. The van der Waals surface area contributed by atoms with Crippen molar-refractivity contribution in [3.63, 3.8) is 0 Å². The first-order valence-corrected chi connectivity index (χ1v) is 7.09. The third-order valence-electron chi connectivity index (χ3n) is 3.27. The Morgan fingerprint density at radius 2 is 2.25 bits per heavy atom. The number of furan rings is 1. The molecule has 0 aliphatic rings. The van der Waals surface area contributed by atoms with Gasteiger partial charge in [0.15, 0.2) is 5.75 Å². The molecule has 2 rings (SSSR count). The number of hydrogen-bond acceptors (Lipinski definition) is 4. The van der Waals surface area contributed by atoms with Crippen LogP contribution in [0.2, 0.25) is 0 Å². The zero-order valence-electron chi connectivity index (χ0n) is 12.6. The summed E-state index contributed by atoms with van der Waals surface area (Å²) in [5.74, 6) is 1.71. The number of rotatable bonds is 7. The van der Waals surface area contributed by atoms with Gasteiger partial charge in [-0.05, 0) is 26.0 Å². The van der Waals surface area contributed by atoms with Crippen molar-refractivity contribution < 1.29 is 9.15 Å². The van der Waals surface area contributed by atoms with Crippen molar-refractivity contribution in [2.75, 3.05) is 13.7 Å². The average molecular weight is 277 g/mol. The van der Waals surface area contributed by atoms with Crippen LogP contribution < -0.4 is 10.1 Å². The largest absolute Gasteiger partial charge is 0.493 e. The molecule has 0 bridgehead atoms. The molecule has 1 N–H and O–H groups in total. The molecule has 0 amide bonds. The van der Waals surface area contributed by atoms with Gasteiger partial charge in [-0.25, -0.2) is 0 Å². The number of ether oxygens (including phenoxy) is 1. The Hall–Kier alpha value is -1.75. The van der Waals surface area contributed by atoms with E-state index in [0.29, 0.717) is 0 Å². The predicted octanol–water partition coefficient (Wildman–Crippen LogP) is 2.90. The molecule has 0 aliphatic heterocycles. The van der Waals surface area contributed by atoms with Crippen molar-refractivity contribution in [1.29, 1.82) is 0 Å². The van der Waals surface area contributed by atoms with Crippen LogP contribution in [-0.4, -0.2) is 23.4 Å². The molecular weight excluding hydrogens is 254 g/mol. The number of nitrogens with zero attached hydrogens (tertiary/aromatic N) is 2. The van der Waals surface area contributed by atoms with E-state index < -0.39 is 0 Å². The van der Waals surface area contributed by atoms with Gasteiger partial charge in [0.25, 0.3) is 0 Å². The minimum Gasteiger partial charge on any atom is -0.493 e. The van der Waals surface area contributed by atoms with E-state index in [-0.39, 0.29) is 6.04 Å². The van der Waals surface area contributed by atoms with Crippen molar-refractivity contribution in [1.82, 2.24) is 15.1 Å². The maximum atomic E-state index is 5.47. The van der Waals surface area contributed by atoms with Crippen molar-refractivity contribution in [3.05, 3.63) is 35.5 Å². The molecule has 1 atom stereocenters. The Bertz CT molecular complexity index is 545. The molecule has 0 spiro atoms. The summed E-state index contributed by atoms with van der Waals surface area (Å²) in [5.41, 5.74) is 2.15. The van der Waals surface area contributed by atoms with E-state index in [1.165, 1.54) is 0 Å². The molecule has 0 aliphatic carbocycles. The molecule has 0 saturated carbocycles. The predicted molar refractivity (Wildman–Crippen MR) is 78.0 cm³/mol. The highest BCUT2D eigenvalue weighted by Gasteiger charge is 2.24. The molecule has 1 unspecified atom stereocenters. The monoisotopic (exact) mass is 277 g/mol. The zero-order valence-corrected chi connectivity index (χ0v) is 12.6. The fourth-order valence-electron chi connectivity index (χ4n) is 2.41. The summed E-state index contributed by atoms with van der Waals surface area (Å²) in [6, 6.07) is 2.08. The Morgan fingerprint density at radius 3 is 2.80 bits per heavy atom. The highest BCUT2D eigenvalue weighted by atomic mass is 16.5. The first-order valence-electron chi connectivity index (χ1n) is 7.09. The standard InChI is InChI=1S/C15H23N3O2/c1-5-7-18-15(13(19-4)9-17-18)14(16-6-2)12-8-11(3)20-10-12/h8-10,14,16H,5-7H2,1-4H3. The molecule has 0 saturated heterocycles. The number of nitrogens with one attached hydrogen (secondary N) is 1. The van der Waals surface area contributed by atoms with Crippen molar-refractivity contribution in [2.45, 2.75) is 39.8 Å². The summed E-state index contributed by atoms with van der Waals surface area (Å²) in [6.07, 6.45) is 4.61. The molecule has 20 heavy (non-hydrogen) atoms. The second-order valence-corrected chi connectivity index (χ2v) is 4.80. The van der Waals surface area contributed by atoms with Gasteiger partial charge in [-0.2, -0.15) is 5.10 Å². The van der Waals surface area contributed by atoms with Crippen LogP contribution in [0.3, 0.4) is 0 Å². The maximum absolute atomic E-state index is 5.47. The topological polar surface area (TPSA) is 52.2 Å². The lowest BCUT2D eigenvalue weighted by Gasteiger charge is -2.19. The smallest absolute Gasteiger partial charge is 0.161 e. The molecular formula is C15H23N3O2. The lowest BCUT2D eigenvalue weighted by atomic mass is 10.1. The first kappa shape index (κ1) is 14.7. The fraction of sp³-hybridized carbons (Fsp3) is 0.533. The molecule has 5 nitrogen and oxygen atoms in total. The Kier molecular flexibility index (Phi) is 4.84. The van der Waals surface area contributed by atoms with Gasteiger partial charge in [-0.1, -0.05) is 13.8 Å². The van der Waals surface area contributed by atoms with Gasteiger partial charge in [0.05, 0.1) is 25.6 Å². The van der Waals surface area contributed by atoms with E-state index >= 15 is 0 Å². The second-order valence-electron chi connectivity index (χ2n) is 4.80. The fourth-order valence-corrected chi connectivity index (χ4v) is 2.41. The molecule has 0 aromatic carbocycles.